The van der Waals surface area contributed by atoms with Crippen LogP contribution in [0.1, 0.15) is 13.3 Å². The van der Waals surface area contributed by atoms with Crippen molar-refractivity contribution in [3.05, 3.63) is 0 Å². The fourth-order valence-corrected chi connectivity index (χ4v) is 0.371. The number of terminal acetylenes is 1. The highest BCUT2D eigenvalue weighted by molar-refractivity contribution is 5.21. The molecule has 0 N–H and O–H groups in total. The summed E-state index contributed by atoms with van der Waals surface area (Å²) >= 11 is 0. The first-order valence-corrected chi connectivity index (χ1v) is 2.98. The van der Waals surface area contributed by atoms with Crippen LogP contribution in [0.25, 0.3) is 0 Å². The third kappa shape index (κ3) is 4.33. The predicted octanol–water partition coefficient (Wildman–Crippen LogP) is 2.21. The van der Waals surface area contributed by atoms with Crippen molar-refractivity contribution in [3.63, 3.8) is 0 Å². The normalized spacial score (nSPS) is 12.6. The topological polar surface area (TPSA) is 0 Å². The van der Waals surface area contributed by atoms with E-state index in [1.807, 2.05) is 5.92 Å². The molecule has 0 aliphatic carbocycles. The van der Waals surface area contributed by atoms with Crippen LogP contribution < -0.4 is 0 Å². The Labute approximate surface area is 63.8 Å². The highest BCUT2D eigenvalue weighted by Crippen LogP contribution is 2.27. The minimum Gasteiger partial charge on any atom is -0.171 e. The molecule has 0 aromatic rings. The molecule has 0 amide bonds. The summed E-state index contributed by atoms with van der Waals surface area (Å²) in [5.41, 5.74) is 0. The van der Waals surface area contributed by atoms with Crippen LogP contribution in [0.2, 0.25) is 0 Å². The standard InChI is InChI=1S/C8H7F3/c1-3-4-5-6-7(2)8(9,10)11/h1,7H,6H2,2H3/t7-/m1/s1. The molecule has 0 saturated heterocycles. The molecule has 0 bridgehead atoms. The van der Waals surface area contributed by atoms with Crippen molar-refractivity contribution in [2.45, 2.75) is 19.5 Å². The summed E-state index contributed by atoms with van der Waals surface area (Å²) in [7, 11) is 0. The molecule has 0 aromatic carbocycles. The van der Waals surface area contributed by atoms with Crippen molar-refractivity contribution in [2.75, 3.05) is 0 Å². The van der Waals surface area contributed by atoms with E-state index in [-0.39, 0.29) is 6.42 Å². The molecule has 0 aromatic heterocycles. The van der Waals surface area contributed by atoms with Gasteiger partial charge < -0.3 is 0 Å². The first kappa shape index (κ1) is 9.91. The lowest BCUT2D eigenvalue weighted by Crippen LogP contribution is -2.18. The first-order chi connectivity index (χ1) is 4.98. The number of hydrogen-bond acceptors (Lipinski definition) is 0. The molecule has 0 unspecified atom stereocenters. The maximum Gasteiger partial charge on any atom is 0.392 e. The van der Waals surface area contributed by atoms with Crippen LogP contribution in [-0.2, 0) is 0 Å². The second-order valence-corrected chi connectivity index (χ2v) is 2.09. The average Bonchev–Trinajstić information content (AvgIpc) is 1.86. The smallest absolute Gasteiger partial charge is 0.171 e. The molecule has 0 heterocycles. The molecule has 0 rings (SSSR count). The monoisotopic (exact) mass is 160 g/mol. The van der Waals surface area contributed by atoms with E-state index in [1.165, 1.54) is 0 Å². The van der Waals surface area contributed by atoms with Gasteiger partial charge in [0.25, 0.3) is 0 Å². The van der Waals surface area contributed by atoms with Crippen LogP contribution in [-0.4, -0.2) is 6.18 Å². The highest BCUT2D eigenvalue weighted by atomic mass is 19.4. The van der Waals surface area contributed by atoms with Crippen LogP contribution in [0.3, 0.4) is 0 Å². The molecule has 0 spiro atoms. The molecule has 11 heavy (non-hydrogen) atoms. The third-order valence-electron chi connectivity index (χ3n) is 1.13. The van der Waals surface area contributed by atoms with E-state index in [2.05, 4.69) is 11.8 Å². The van der Waals surface area contributed by atoms with Gasteiger partial charge in [-0.25, -0.2) is 0 Å². The molecule has 1 atom stereocenters. The first-order valence-electron chi connectivity index (χ1n) is 2.98. The lowest BCUT2D eigenvalue weighted by Gasteiger charge is -2.11. The number of alkyl halides is 3. The van der Waals surface area contributed by atoms with Gasteiger partial charge in [0.2, 0.25) is 0 Å². The van der Waals surface area contributed by atoms with Crippen molar-refractivity contribution in [1.29, 1.82) is 0 Å². The Morgan fingerprint density at radius 1 is 1.45 bits per heavy atom. The molecule has 0 fully saturated rings. The van der Waals surface area contributed by atoms with E-state index in [0.717, 1.165) is 6.92 Å². The van der Waals surface area contributed by atoms with Crippen LogP contribution in [0.5, 0.6) is 0 Å². The maximum absolute atomic E-state index is 11.8. The largest absolute Gasteiger partial charge is 0.392 e. The lowest BCUT2D eigenvalue weighted by molar-refractivity contribution is -0.167. The molecular formula is C8H7F3. The summed E-state index contributed by atoms with van der Waals surface area (Å²) < 4.78 is 35.3. The van der Waals surface area contributed by atoms with Crippen molar-refractivity contribution in [3.8, 4) is 24.2 Å². The molecule has 0 aliphatic rings. The quantitative estimate of drug-likeness (QED) is 0.516. The van der Waals surface area contributed by atoms with Gasteiger partial charge in [0.1, 0.15) is 0 Å². The fourth-order valence-electron chi connectivity index (χ4n) is 0.371. The van der Waals surface area contributed by atoms with E-state index < -0.39 is 12.1 Å². The zero-order valence-corrected chi connectivity index (χ0v) is 6.00. The van der Waals surface area contributed by atoms with Crippen LogP contribution in [0, 0.1) is 30.1 Å². The lowest BCUT2D eigenvalue weighted by atomic mass is 10.1. The van der Waals surface area contributed by atoms with E-state index >= 15 is 0 Å². The molecular weight excluding hydrogens is 153 g/mol. The molecule has 0 saturated carbocycles. The second kappa shape index (κ2) is 3.93. The summed E-state index contributed by atoms with van der Waals surface area (Å²) in [6.07, 6.45) is 0.327. The number of hydrogen-bond donors (Lipinski definition) is 0. The fraction of sp³-hybridized carbons (Fsp3) is 0.500. The Kier molecular flexibility index (Phi) is 3.54. The molecule has 0 nitrogen and oxygen atoms in total. The Morgan fingerprint density at radius 2 is 2.00 bits per heavy atom. The summed E-state index contributed by atoms with van der Waals surface area (Å²) in [6, 6.07) is 0. The molecule has 3 heteroatoms. The Bertz CT molecular complexity index is 208. The van der Waals surface area contributed by atoms with Crippen molar-refractivity contribution in [2.24, 2.45) is 5.92 Å². The van der Waals surface area contributed by atoms with Gasteiger partial charge in [-0.3, -0.25) is 0 Å². The van der Waals surface area contributed by atoms with Crippen LogP contribution >= 0.6 is 0 Å². The van der Waals surface area contributed by atoms with E-state index in [1.54, 1.807) is 0 Å². The Morgan fingerprint density at radius 3 is 2.36 bits per heavy atom. The second-order valence-electron chi connectivity index (χ2n) is 2.09. The van der Waals surface area contributed by atoms with Crippen LogP contribution in [0.15, 0.2) is 0 Å². The third-order valence-corrected chi connectivity index (χ3v) is 1.13. The summed E-state index contributed by atoms with van der Waals surface area (Å²) in [5.74, 6) is 4.91. The predicted molar refractivity (Wildman–Crippen MR) is 36.4 cm³/mol. The summed E-state index contributed by atoms with van der Waals surface area (Å²) in [5, 5.41) is 0. The minimum atomic E-state index is -4.16. The van der Waals surface area contributed by atoms with Gasteiger partial charge in [0.05, 0.1) is 5.92 Å². The average molecular weight is 160 g/mol. The van der Waals surface area contributed by atoms with E-state index in [4.69, 9.17) is 6.42 Å². The van der Waals surface area contributed by atoms with Crippen molar-refractivity contribution in [1.82, 2.24) is 0 Å². The summed E-state index contributed by atoms with van der Waals surface area (Å²) in [4.78, 5) is 0. The highest BCUT2D eigenvalue weighted by Gasteiger charge is 2.34. The maximum atomic E-state index is 11.8. The minimum absolute atomic E-state index is 0.228. The number of rotatable bonds is 1. The Balaban J connectivity index is 3.91. The van der Waals surface area contributed by atoms with Gasteiger partial charge in [-0.2, -0.15) is 13.2 Å². The van der Waals surface area contributed by atoms with Crippen LogP contribution in [0.4, 0.5) is 13.2 Å². The Hall–Kier alpha value is -1.09. The number of halogens is 3. The van der Waals surface area contributed by atoms with Gasteiger partial charge in [-0.1, -0.05) is 12.8 Å². The SMILES string of the molecule is C#CC#CC[C@@H](C)C(F)(F)F. The zero-order valence-electron chi connectivity index (χ0n) is 6.00. The molecule has 60 valence electrons. The van der Waals surface area contributed by atoms with Crippen molar-refractivity contribution >= 4 is 0 Å². The van der Waals surface area contributed by atoms with Gasteiger partial charge in [0, 0.05) is 6.42 Å². The van der Waals surface area contributed by atoms with Crippen molar-refractivity contribution < 1.29 is 13.2 Å². The van der Waals surface area contributed by atoms with Gasteiger partial charge in [0.15, 0.2) is 0 Å². The van der Waals surface area contributed by atoms with Gasteiger partial charge in [-0.15, -0.1) is 6.42 Å². The van der Waals surface area contributed by atoms with Gasteiger partial charge >= 0.3 is 6.18 Å². The zero-order chi connectivity index (χ0) is 8.91. The molecule has 0 aliphatic heterocycles. The van der Waals surface area contributed by atoms with E-state index in [0.29, 0.717) is 0 Å². The van der Waals surface area contributed by atoms with Gasteiger partial charge in [-0.05, 0) is 11.8 Å². The van der Waals surface area contributed by atoms with E-state index in [9.17, 15) is 13.2 Å². The summed E-state index contributed by atoms with van der Waals surface area (Å²) in [6.45, 7) is 1.07. The molecule has 0 radical (unpaired) electrons.